The first kappa shape index (κ1) is 21.3. The average Bonchev–Trinajstić information content (AvgIpc) is 3.40. The number of carbonyl (C=O) groups is 3. The minimum atomic E-state index is -0.603. The molecule has 4 N–H and O–H groups in total. The lowest BCUT2D eigenvalue weighted by Crippen LogP contribution is -2.33. The molecule has 8 heteroatoms. The largest absolute Gasteiger partial charge is 0.368 e. The molecule has 1 heterocycles. The van der Waals surface area contributed by atoms with Crippen LogP contribution >= 0.6 is 0 Å². The van der Waals surface area contributed by atoms with Gasteiger partial charge in [0.1, 0.15) is 0 Å². The number of nitrogens with zero attached hydrogens (tertiary/aromatic N) is 2. The van der Waals surface area contributed by atoms with E-state index in [9.17, 15) is 14.4 Å². The fourth-order valence-corrected chi connectivity index (χ4v) is 3.93. The zero-order chi connectivity index (χ0) is 22.7. The third-order valence-electron chi connectivity index (χ3n) is 5.58. The molecule has 2 aromatic carbocycles. The van der Waals surface area contributed by atoms with Crippen LogP contribution < -0.4 is 16.4 Å². The number of hydrogen-bond acceptors (Lipinski definition) is 4. The predicted molar refractivity (Wildman–Crippen MR) is 119 cm³/mol. The number of benzene rings is 2. The summed E-state index contributed by atoms with van der Waals surface area (Å²) in [6.07, 6.45) is 2.76. The molecule has 3 amide bonds. The third kappa shape index (κ3) is 4.39. The van der Waals surface area contributed by atoms with E-state index < -0.39 is 5.91 Å². The highest BCUT2D eigenvalue weighted by Crippen LogP contribution is 2.28. The first-order valence-electron chi connectivity index (χ1n) is 10.5. The van der Waals surface area contributed by atoms with Crippen molar-refractivity contribution in [2.24, 2.45) is 5.73 Å². The fraction of sp³-hybridized carbons (Fsp3) is 0.250. The molecule has 4 rings (SSSR count). The van der Waals surface area contributed by atoms with Gasteiger partial charge in [-0.05, 0) is 55.5 Å². The van der Waals surface area contributed by atoms with Crippen LogP contribution in [0.5, 0.6) is 0 Å². The molecule has 0 aliphatic heterocycles. The van der Waals surface area contributed by atoms with Crippen LogP contribution in [0.25, 0.3) is 5.69 Å². The number of nitrogens with one attached hydrogen (secondary N) is 2. The maximum atomic E-state index is 12.9. The fourth-order valence-electron chi connectivity index (χ4n) is 3.93. The highest BCUT2D eigenvalue weighted by molar-refractivity contribution is 5.96. The molecule has 0 unspecified atom stereocenters. The molecule has 1 aliphatic carbocycles. The van der Waals surface area contributed by atoms with Gasteiger partial charge in [0.05, 0.1) is 12.2 Å². The summed E-state index contributed by atoms with van der Waals surface area (Å²) in [5.41, 5.74) is 11.0. The number of hydrogen-bond donors (Lipinski definition) is 3. The molecule has 0 spiro atoms. The second kappa shape index (κ2) is 9.05. The zero-order valence-electron chi connectivity index (χ0n) is 17.9. The summed E-state index contributed by atoms with van der Waals surface area (Å²) in [7, 11) is 0. The summed E-state index contributed by atoms with van der Waals surface area (Å²) in [5.74, 6) is -1.19. The lowest BCUT2D eigenvalue weighted by atomic mass is 10.1. The van der Waals surface area contributed by atoms with E-state index in [1.165, 1.54) is 0 Å². The van der Waals surface area contributed by atoms with Crippen LogP contribution in [0.15, 0.2) is 48.5 Å². The molecular formula is C24H25N5O3. The Labute approximate surface area is 185 Å². The molecule has 1 aliphatic rings. The molecule has 0 radical (unpaired) electrons. The molecule has 0 atom stereocenters. The van der Waals surface area contributed by atoms with Gasteiger partial charge in [0.2, 0.25) is 5.91 Å². The van der Waals surface area contributed by atoms with Crippen LogP contribution in [-0.4, -0.2) is 34.0 Å². The monoisotopic (exact) mass is 431 g/mol. The number of fused-ring (bicyclic) bond motifs is 1. The number of para-hydroxylation sites is 1. The lowest BCUT2D eigenvalue weighted by Gasteiger charge is -2.08. The highest BCUT2D eigenvalue weighted by atomic mass is 16.2. The molecule has 0 saturated heterocycles. The van der Waals surface area contributed by atoms with E-state index in [0.717, 1.165) is 47.3 Å². The Kier molecular flexibility index (Phi) is 6.02. The summed E-state index contributed by atoms with van der Waals surface area (Å²) in [4.78, 5) is 35.7. The van der Waals surface area contributed by atoms with Crippen LogP contribution in [0.2, 0.25) is 0 Å². The summed E-state index contributed by atoms with van der Waals surface area (Å²) >= 11 is 0. The minimum absolute atomic E-state index is 0.209. The number of nitrogens with two attached hydrogens (primary N) is 1. The van der Waals surface area contributed by atoms with E-state index in [4.69, 9.17) is 5.73 Å². The van der Waals surface area contributed by atoms with Crippen molar-refractivity contribution in [1.82, 2.24) is 20.4 Å². The van der Waals surface area contributed by atoms with Gasteiger partial charge >= 0.3 is 0 Å². The zero-order valence-corrected chi connectivity index (χ0v) is 17.9. The van der Waals surface area contributed by atoms with Crippen molar-refractivity contribution in [2.75, 3.05) is 6.54 Å². The van der Waals surface area contributed by atoms with Gasteiger partial charge in [-0.3, -0.25) is 14.4 Å². The van der Waals surface area contributed by atoms with Crippen LogP contribution in [0.4, 0.5) is 0 Å². The Balaban J connectivity index is 1.45. The maximum Gasteiger partial charge on any atom is 0.272 e. The number of carbonyl (C=O) groups excluding carboxylic acids is 3. The first-order chi connectivity index (χ1) is 15.4. The summed E-state index contributed by atoms with van der Waals surface area (Å²) in [6.45, 7) is 2.14. The van der Waals surface area contributed by atoms with E-state index in [-0.39, 0.29) is 18.4 Å². The van der Waals surface area contributed by atoms with Crippen molar-refractivity contribution in [1.29, 1.82) is 0 Å². The van der Waals surface area contributed by atoms with Gasteiger partial charge < -0.3 is 16.4 Å². The number of rotatable bonds is 7. The molecule has 3 aromatic rings. The Morgan fingerprint density at radius 3 is 2.47 bits per heavy atom. The Morgan fingerprint density at radius 2 is 1.75 bits per heavy atom. The summed E-state index contributed by atoms with van der Waals surface area (Å²) in [6, 6.07) is 14.8. The molecular weight excluding hydrogens is 406 g/mol. The highest BCUT2D eigenvalue weighted by Gasteiger charge is 2.27. The van der Waals surface area contributed by atoms with E-state index in [1.54, 1.807) is 24.3 Å². The van der Waals surface area contributed by atoms with Crippen molar-refractivity contribution in [3.05, 3.63) is 82.2 Å². The van der Waals surface area contributed by atoms with E-state index in [1.807, 2.05) is 35.9 Å². The summed E-state index contributed by atoms with van der Waals surface area (Å²) in [5, 5.41) is 10.0. The van der Waals surface area contributed by atoms with Gasteiger partial charge in [-0.25, -0.2) is 4.68 Å². The predicted octanol–water partition coefficient (Wildman–Crippen LogP) is 1.81. The van der Waals surface area contributed by atoms with Gasteiger partial charge in [-0.15, -0.1) is 0 Å². The maximum absolute atomic E-state index is 12.9. The molecule has 8 nitrogen and oxygen atoms in total. The molecule has 0 bridgehead atoms. The number of amides is 3. The van der Waals surface area contributed by atoms with Crippen LogP contribution in [0, 0.1) is 6.92 Å². The van der Waals surface area contributed by atoms with Gasteiger partial charge in [0, 0.05) is 23.4 Å². The Hall–Kier alpha value is -3.94. The van der Waals surface area contributed by atoms with Crippen LogP contribution in [0.3, 0.4) is 0 Å². The topological polar surface area (TPSA) is 119 Å². The van der Waals surface area contributed by atoms with Gasteiger partial charge in [0.15, 0.2) is 5.69 Å². The quantitative estimate of drug-likeness (QED) is 0.529. The van der Waals surface area contributed by atoms with Crippen molar-refractivity contribution < 1.29 is 14.4 Å². The number of aromatic nitrogens is 2. The second-order valence-electron chi connectivity index (χ2n) is 7.85. The number of primary amides is 1. The van der Waals surface area contributed by atoms with E-state index in [0.29, 0.717) is 17.8 Å². The average molecular weight is 431 g/mol. The molecule has 32 heavy (non-hydrogen) atoms. The van der Waals surface area contributed by atoms with Gasteiger partial charge in [-0.1, -0.05) is 30.3 Å². The van der Waals surface area contributed by atoms with Gasteiger partial charge in [-0.2, -0.15) is 5.10 Å². The lowest BCUT2D eigenvalue weighted by molar-refractivity contribution is -0.117. The number of aryl methyl sites for hydroxylation is 1. The van der Waals surface area contributed by atoms with E-state index >= 15 is 0 Å². The molecule has 1 aromatic heterocycles. The van der Waals surface area contributed by atoms with E-state index in [2.05, 4.69) is 15.7 Å². The normalized spacial score (nSPS) is 12.3. The van der Waals surface area contributed by atoms with Crippen molar-refractivity contribution >= 4 is 17.7 Å². The minimum Gasteiger partial charge on any atom is -0.368 e. The van der Waals surface area contributed by atoms with Gasteiger partial charge in [0.25, 0.3) is 11.8 Å². The summed E-state index contributed by atoms with van der Waals surface area (Å²) < 4.78 is 1.91. The SMILES string of the molecule is Cc1ccccc1-n1nc(C(=O)NCc2ccc(C(=O)NCC(N)=O)cc2)c2c1CCC2. The Bertz CT molecular complexity index is 1180. The van der Waals surface area contributed by atoms with Crippen LogP contribution in [-0.2, 0) is 24.2 Å². The third-order valence-corrected chi connectivity index (χ3v) is 5.58. The standard InChI is InChI=1S/C24H25N5O3/c1-15-5-2-3-7-19(15)29-20-8-4-6-18(20)22(28-29)24(32)26-13-16-9-11-17(12-10-16)23(31)27-14-21(25)30/h2-3,5,7,9-12H,4,6,8,13-14H2,1H3,(H2,25,30)(H,26,32)(H,27,31). The Morgan fingerprint density at radius 1 is 1.00 bits per heavy atom. The molecule has 164 valence electrons. The first-order valence-corrected chi connectivity index (χ1v) is 10.5. The van der Waals surface area contributed by atoms with Crippen molar-refractivity contribution in [3.63, 3.8) is 0 Å². The molecule has 0 saturated carbocycles. The smallest absolute Gasteiger partial charge is 0.272 e. The van der Waals surface area contributed by atoms with Crippen molar-refractivity contribution in [3.8, 4) is 5.69 Å². The molecule has 0 fully saturated rings. The van der Waals surface area contributed by atoms with Crippen molar-refractivity contribution in [2.45, 2.75) is 32.7 Å². The van der Waals surface area contributed by atoms with Crippen LogP contribution in [0.1, 0.15) is 49.7 Å². The second-order valence-corrected chi connectivity index (χ2v) is 7.85.